The van der Waals surface area contributed by atoms with Gasteiger partial charge in [-0.05, 0) is 34.9 Å². The van der Waals surface area contributed by atoms with Gasteiger partial charge in [0.15, 0.2) is 0 Å². The minimum absolute atomic E-state index is 0.303. The van der Waals surface area contributed by atoms with E-state index in [1.807, 2.05) is 12.1 Å². The van der Waals surface area contributed by atoms with Crippen LogP contribution in [0.25, 0.3) is 11.1 Å². The number of nitrogens with two attached hydrogens (primary N) is 2. The van der Waals surface area contributed by atoms with Crippen molar-refractivity contribution in [1.29, 1.82) is 0 Å². The molecule has 2 aromatic rings. The summed E-state index contributed by atoms with van der Waals surface area (Å²) in [7, 11) is 0. The van der Waals surface area contributed by atoms with E-state index >= 15 is 0 Å². The second-order valence-electron chi connectivity index (χ2n) is 3.96. The highest BCUT2D eigenvalue weighted by Gasteiger charge is 2.10. The molecule has 0 bridgehead atoms. The van der Waals surface area contributed by atoms with Gasteiger partial charge in [0.25, 0.3) is 0 Å². The van der Waals surface area contributed by atoms with Crippen LogP contribution in [0, 0.1) is 5.82 Å². The number of amides is 1. The summed E-state index contributed by atoms with van der Waals surface area (Å²) in [6.45, 7) is 0.437. The lowest BCUT2D eigenvalue weighted by atomic mass is 9.98. The van der Waals surface area contributed by atoms with Crippen LogP contribution in [0.1, 0.15) is 15.9 Å². The lowest BCUT2D eigenvalue weighted by Gasteiger charge is -2.08. The highest BCUT2D eigenvalue weighted by atomic mass is 19.1. The Bertz CT molecular complexity index is 579. The Hall–Kier alpha value is -2.20. The molecule has 2 aromatic carbocycles. The molecule has 0 saturated heterocycles. The molecule has 18 heavy (non-hydrogen) atoms. The number of hydrogen-bond acceptors (Lipinski definition) is 2. The van der Waals surface area contributed by atoms with Crippen LogP contribution in [0.3, 0.4) is 0 Å². The Morgan fingerprint density at radius 2 is 1.78 bits per heavy atom. The maximum atomic E-state index is 13.3. The summed E-state index contributed by atoms with van der Waals surface area (Å²) in [5.41, 5.74) is 13.3. The van der Waals surface area contributed by atoms with Crippen LogP contribution in [0.15, 0.2) is 42.5 Å². The average molecular weight is 244 g/mol. The molecule has 1 amide bonds. The van der Waals surface area contributed by atoms with Crippen LogP contribution in [0.4, 0.5) is 4.39 Å². The number of carbonyl (C=O) groups is 1. The van der Waals surface area contributed by atoms with Crippen molar-refractivity contribution in [3.63, 3.8) is 0 Å². The molecule has 0 aliphatic heterocycles. The van der Waals surface area contributed by atoms with E-state index in [2.05, 4.69) is 0 Å². The summed E-state index contributed by atoms with van der Waals surface area (Å²) in [5, 5.41) is 0. The van der Waals surface area contributed by atoms with Crippen molar-refractivity contribution in [3.05, 3.63) is 59.4 Å². The zero-order chi connectivity index (χ0) is 13.1. The fourth-order valence-electron chi connectivity index (χ4n) is 1.79. The quantitative estimate of drug-likeness (QED) is 0.867. The molecule has 4 N–H and O–H groups in total. The number of primary amides is 1. The Balaban J connectivity index is 2.54. The van der Waals surface area contributed by atoms with Crippen LogP contribution in [-0.4, -0.2) is 5.91 Å². The number of carbonyl (C=O) groups excluding carboxylic acids is 1. The van der Waals surface area contributed by atoms with Crippen LogP contribution in [0.2, 0.25) is 0 Å². The third-order valence-corrected chi connectivity index (χ3v) is 2.75. The molecule has 4 heteroatoms. The van der Waals surface area contributed by atoms with Crippen molar-refractivity contribution in [3.8, 4) is 11.1 Å². The van der Waals surface area contributed by atoms with Gasteiger partial charge in [0, 0.05) is 12.1 Å². The summed E-state index contributed by atoms with van der Waals surface area (Å²) >= 11 is 0. The zero-order valence-corrected chi connectivity index (χ0v) is 9.69. The van der Waals surface area contributed by atoms with Crippen molar-refractivity contribution in [1.82, 2.24) is 0 Å². The van der Waals surface area contributed by atoms with E-state index in [4.69, 9.17) is 11.5 Å². The van der Waals surface area contributed by atoms with E-state index in [1.165, 1.54) is 18.2 Å². The van der Waals surface area contributed by atoms with E-state index in [0.29, 0.717) is 17.7 Å². The van der Waals surface area contributed by atoms with Crippen molar-refractivity contribution in [2.24, 2.45) is 11.5 Å². The lowest BCUT2D eigenvalue weighted by Crippen LogP contribution is -2.12. The highest BCUT2D eigenvalue weighted by Crippen LogP contribution is 2.25. The van der Waals surface area contributed by atoms with E-state index in [0.717, 1.165) is 11.1 Å². The Labute approximate surface area is 104 Å². The molecule has 0 atom stereocenters. The van der Waals surface area contributed by atoms with Gasteiger partial charge >= 0.3 is 0 Å². The molecular weight excluding hydrogens is 231 g/mol. The Kier molecular flexibility index (Phi) is 3.39. The van der Waals surface area contributed by atoms with Crippen molar-refractivity contribution in [2.45, 2.75) is 6.54 Å². The molecule has 0 spiro atoms. The first-order chi connectivity index (χ1) is 8.61. The van der Waals surface area contributed by atoms with Gasteiger partial charge in [-0.3, -0.25) is 4.79 Å². The fraction of sp³-hybridized carbons (Fsp3) is 0.0714. The smallest absolute Gasteiger partial charge is 0.249 e. The summed E-state index contributed by atoms with van der Waals surface area (Å²) in [6, 6.07) is 11.2. The molecule has 0 heterocycles. The van der Waals surface area contributed by atoms with E-state index in [1.54, 1.807) is 12.1 Å². The van der Waals surface area contributed by atoms with Crippen LogP contribution >= 0.6 is 0 Å². The molecule has 3 nitrogen and oxygen atoms in total. The predicted molar refractivity (Wildman–Crippen MR) is 68.2 cm³/mol. The molecule has 0 aliphatic carbocycles. The van der Waals surface area contributed by atoms with Gasteiger partial charge in [0.1, 0.15) is 5.82 Å². The van der Waals surface area contributed by atoms with Gasteiger partial charge in [-0.1, -0.05) is 24.3 Å². The number of halogens is 1. The normalized spacial score (nSPS) is 10.3. The number of rotatable bonds is 3. The highest BCUT2D eigenvalue weighted by molar-refractivity contribution is 5.99. The standard InChI is InChI=1S/C14H13FN2O/c15-11-5-6-12(14(17)18)13(7-11)10-3-1-9(8-16)2-4-10/h1-7H,8,16H2,(H2,17,18). The SMILES string of the molecule is NCc1ccc(-c2cc(F)ccc2C(N)=O)cc1. The first-order valence-corrected chi connectivity index (χ1v) is 5.50. The first kappa shape index (κ1) is 12.3. The molecule has 0 aliphatic rings. The Morgan fingerprint density at radius 3 is 2.33 bits per heavy atom. The van der Waals surface area contributed by atoms with Gasteiger partial charge in [-0.25, -0.2) is 4.39 Å². The summed E-state index contributed by atoms with van der Waals surface area (Å²) in [5.74, 6) is -0.981. The lowest BCUT2D eigenvalue weighted by molar-refractivity contribution is 0.100. The van der Waals surface area contributed by atoms with Gasteiger partial charge in [0.05, 0.1) is 0 Å². The van der Waals surface area contributed by atoms with Gasteiger partial charge in [-0.15, -0.1) is 0 Å². The second kappa shape index (κ2) is 4.98. The van der Waals surface area contributed by atoms with Crippen LogP contribution in [-0.2, 0) is 6.54 Å². The molecular formula is C14H13FN2O. The molecule has 2 rings (SSSR count). The number of hydrogen-bond donors (Lipinski definition) is 2. The topological polar surface area (TPSA) is 69.1 Å². The minimum atomic E-state index is -0.576. The van der Waals surface area contributed by atoms with E-state index in [-0.39, 0.29) is 0 Å². The number of benzene rings is 2. The summed E-state index contributed by atoms with van der Waals surface area (Å²) in [4.78, 5) is 11.3. The molecule has 0 aromatic heterocycles. The van der Waals surface area contributed by atoms with Gasteiger partial charge < -0.3 is 11.5 Å². The van der Waals surface area contributed by atoms with Gasteiger partial charge in [-0.2, -0.15) is 0 Å². The minimum Gasteiger partial charge on any atom is -0.366 e. The Morgan fingerprint density at radius 1 is 1.11 bits per heavy atom. The predicted octanol–water partition coefficient (Wildman–Crippen LogP) is 2.05. The third kappa shape index (κ3) is 2.38. The largest absolute Gasteiger partial charge is 0.366 e. The monoisotopic (exact) mass is 244 g/mol. The molecule has 0 fully saturated rings. The van der Waals surface area contributed by atoms with E-state index in [9.17, 15) is 9.18 Å². The second-order valence-corrected chi connectivity index (χ2v) is 3.96. The zero-order valence-electron chi connectivity index (χ0n) is 9.69. The maximum absolute atomic E-state index is 13.3. The molecule has 0 saturated carbocycles. The van der Waals surface area contributed by atoms with Crippen LogP contribution in [0.5, 0.6) is 0 Å². The summed E-state index contributed by atoms with van der Waals surface area (Å²) in [6.07, 6.45) is 0. The molecule has 0 unspecified atom stereocenters. The van der Waals surface area contributed by atoms with Crippen molar-refractivity contribution >= 4 is 5.91 Å². The molecule has 92 valence electrons. The average Bonchev–Trinajstić information content (AvgIpc) is 2.38. The van der Waals surface area contributed by atoms with Crippen molar-refractivity contribution in [2.75, 3.05) is 0 Å². The summed E-state index contributed by atoms with van der Waals surface area (Å²) < 4.78 is 13.3. The van der Waals surface area contributed by atoms with Crippen molar-refractivity contribution < 1.29 is 9.18 Å². The fourth-order valence-corrected chi connectivity index (χ4v) is 1.79. The third-order valence-electron chi connectivity index (χ3n) is 2.75. The molecule has 0 radical (unpaired) electrons. The van der Waals surface area contributed by atoms with E-state index < -0.39 is 11.7 Å². The maximum Gasteiger partial charge on any atom is 0.249 e. The van der Waals surface area contributed by atoms with Crippen LogP contribution < -0.4 is 11.5 Å². The van der Waals surface area contributed by atoms with Gasteiger partial charge in [0.2, 0.25) is 5.91 Å². The first-order valence-electron chi connectivity index (χ1n) is 5.50.